The molecule has 2 aliphatic carbocycles. The van der Waals surface area contributed by atoms with Gasteiger partial charge in [0.15, 0.2) is 0 Å². The normalized spacial score (nSPS) is 22.8. The van der Waals surface area contributed by atoms with E-state index in [1.54, 1.807) is 0 Å². The lowest BCUT2D eigenvalue weighted by Crippen LogP contribution is -2.37. The summed E-state index contributed by atoms with van der Waals surface area (Å²) < 4.78 is 5.93. The number of nitrogens with two attached hydrogens (primary N) is 1. The zero-order valence-corrected chi connectivity index (χ0v) is 11.7. The first kappa shape index (κ1) is 13.0. The third-order valence-electron chi connectivity index (χ3n) is 5.02. The number of ether oxygens (including phenoxy) is 1. The predicted octanol–water partition coefficient (Wildman–Crippen LogP) is 3.78. The summed E-state index contributed by atoms with van der Waals surface area (Å²) in [5.74, 6) is 1.02. The summed E-state index contributed by atoms with van der Waals surface area (Å²) in [5, 5.41) is 0. The molecule has 19 heavy (non-hydrogen) atoms. The summed E-state index contributed by atoms with van der Waals surface area (Å²) >= 11 is 0. The molecule has 2 heteroatoms. The van der Waals surface area contributed by atoms with Crippen LogP contribution in [0.15, 0.2) is 24.3 Å². The molecule has 104 valence electrons. The molecule has 1 aromatic carbocycles. The maximum absolute atomic E-state index is 6.09. The molecule has 0 aromatic heterocycles. The fraction of sp³-hybridized carbons (Fsp3) is 0.647. The van der Waals surface area contributed by atoms with E-state index in [9.17, 15) is 0 Å². The largest absolute Gasteiger partial charge is 0.490 e. The minimum Gasteiger partial charge on any atom is -0.490 e. The van der Waals surface area contributed by atoms with E-state index in [2.05, 4.69) is 24.3 Å². The van der Waals surface area contributed by atoms with E-state index in [-0.39, 0.29) is 5.41 Å². The maximum Gasteiger partial charge on any atom is 0.119 e. The minimum absolute atomic E-state index is 0.229. The second-order valence-corrected chi connectivity index (χ2v) is 6.24. The zero-order valence-electron chi connectivity index (χ0n) is 11.7. The number of rotatable bonds is 4. The molecule has 1 aromatic rings. The van der Waals surface area contributed by atoms with Crippen LogP contribution >= 0.6 is 0 Å². The Morgan fingerprint density at radius 3 is 2.21 bits per heavy atom. The molecule has 2 aliphatic rings. The van der Waals surface area contributed by atoms with E-state index >= 15 is 0 Å². The molecule has 2 N–H and O–H groups in total. The molecule has 0 atom stereocenters. The highest BCUT2D eigenvalue weighted by Gasteiger charge is 2.32. The molecule has 0 spiro atoms. The Labute approximate surface area is 116 Å². The topological polar surface area (TPSA) is 35.2 Å². The SMILES string of the molecule is NCC1(c2ccc(OC3CCC3)cc2)CCCCC1. The molecule has 0 amide bonds. The minimum atomic E-state index is 0.229. The predicted molar refractivity (Wildman–Crippen MR) is 78.5 cm³/mol. The first-order valence-electron chi connectivity index (χ1n) is 7.80. The summed E-state index contributed by atoms with van der Waals surface area (Å²) in [6.45, 7) is 0.774. The Balaban J connectivity index is 1.72. The van der Waals surface area contributed by atoms with Crippen molar-refractivity contribution in [3.05, 3.63) is 29.8 Å². The molecule has 2 fully saturated rings. The van der Waals surface area contributed by atoms with Gasteiger partial charge in [0.2, 0.25) is 0 Å². The summed E-state index contributed by atoms with van der Waals surface area (Å²) in [7, 11) is 0. The van der Waals surface area contributed by atoms with Crippen LogP contribution in [0.4, 0.5) is 0 Å². The second-order valence-electron chi connectivity index (χ2n) is 6.24. The van der Waals surface area contributed by atoms with Crippen LogP contribution in [0.2, 0.25) is 0 Å². The molecule has 2 nitrogen and oxygen atoms in total. The van der Waals surface area contributed by atoms with Gasteiger partial charge in [0.25, 0.3) is 0 Å². The summed E-state index contributed by atoms with van der Waals surface area (Å²) in [5.41, 5.74) is 7.73. The third kappa shape index (κ3) is 2.64. The Morgan fingerprint density at radius 1 is 1.00 bits per heavy atom. The first-order chi connectivity index (χ1) is 9.32. The number of hydrogen-bond acceptors (Lipinski definition) is 2. The van der Waals surface area contributed by atoms with Crippen molar-refractivity contribution >= 4 is 0 Å². The molecule has 3 rings (SSSR count). The van der Waals surface area contributed by atoms with Gasteiger partial charge < -0.3 is 10.5 Å². The van der Waals surface area contributed by atoms with Crippen molar-refractivity contribution in [2.75, 3.05) is 6.54 Å². The van der Waals surface area contributed by atoms with E-state index in [1.165, 1.54) is 56.9 Å². The standard InChI is InChI=1S/C17H25NO/c18-13-17(11-2-1-3-12-17)14-7-9-16(10-8-14)19-15-5-4-6-15/h7-10,15H,1-6,11-13,18H2. The summed E-state index contributed by atoms with van der Waals surface area (Å²) in [4.78, 5) is 0. The maximum atomic E-state index is 6.09. The second kappa shape index (κ2) is 5.54. The molecule has 0 heterocycles. The summed E-state index contributed by atoms with van der Waals surface area (Å²) in [6.07, 6.45) is 10.7. The zero-order chi connectivity index (χ0) is 13.1. The van der Waals surface area contributed by atoms with Crippen molar-refractivity contribution in [1.29, 1.82) is 0 Å². The smallest absolute Gasteiger partial charge is 0.119 e. The molecular weight excluding hydrogens is 234 g/mol. The van der Waals surface area contributed by atoms with E-state index in [1.807, 2.05) is 0 Å². The van der Waals surface area contributed by atoms with Gasteiger partial charge in [-0.05, 0) is 49.8 Å². The highest BCUT2D eigenvalue weighted by Crippen LogP contribution is 2.39. The van der Waals surface area contributed by atoms with Crippen molar-refractivity contribution in [2.45, 2.75) is 62.9 Å². The van der Waals surface area contributed by atoms with Gasteiger partial charge in [0.05, 0.1) is 6.10 Å². The Morgan fingerprint density at radius 2 is 1.68 bits per heavy atom. The van der Waals surface area contributed by atoms with Crippen LogP contribution in [-0.4, -0.2) is 12.6 Å². The van der Waals surface area contributed by atoms with E-state index in [0.29, 0.717) is 6.10 Å². The monoisotopic (exact) mass is 259 g/mol. The Hall–Kier alpha value is -1.02. The highest BCUT2D eigenvalue weighted by atomic mass is 16.5. The van der Waals surface area contributed by atoms with Gasteiger partial charge in [0.1, 0.15) is 5.75 Å². The fourth-order valence-electron chi connectivity index (χ4n) is 3.41. The summed E-state index contributed by atoms with van der Waals surface area (Å²) in [6, 6.07) is 8.76. The van der Waals surface area contributed by atoms with E-state index in [0.717, 1.165) is 12.3 Å². The van der Waals surface area contributed by atoms with Crippen LogP contribution in [-0.2, 0) is 5.41 Å². The quantitative estimate of drug-likeness (QED) is 0.893. The lowest BCUT2D eigenvalue weighted by Gasteiger charge is -2.37. The first-order valence-corrected chi connectivity index (χ1v) is 7.80. The van der Waals surface area contributed by atoms with Crippen LogP contribution < -0.4 is 10.5 Å². The third-order valence-corrected chi connectivity index (χ3v) is 5.02. The van der Waals surface area contributed by atoms with Crippen molar-refractivity contribution in [2.24, 2.45) is 5.73 Å². The Kier molecular flexibility index (Phi) is 3.79. The molecule has 2 saturated carbocycles. The van der Waals surface area contributed by atoms with Crippen molar-refractivity contribution in [1.82, 2.24) is 0 Å². The average molecular weight is 259 g/mol. The molecule has 0 saturated heterocycles. The molecule has 0 unspecified atom stereocenters. The van der Waals surface area contributed by atoms with Gasteiger partial charge >= 0.3 is 0 Å². The van der Waals surface area contributed by atoms with Gasteiger partial charge in [-0.1, -0.05) is 31.4 Å². The van der Waals surface area contributed by atoms with Crippen LogP contribution in [0.25, 0.3) is 0 Å². The van der Waals surface area contributed by atoms with Gasteiger partial charge in [0, 0.05) is 12.0 Å². The van der Waals surface area contributed by atoms with Crippen molar-refractivity contribution < 1.29 is 4.74 Å². The average Bonchev–Trinajstić information content (AvgIpc) is 2.44. The Bertz CT molecular complexity index is 402. The number of hydrogen-bond donors (Lipinski definition) is 1. The van der Waals surface area contributed by atoms with Crippen molar-refractivity contribution in [3.63, 3.8) is 0 Å². The van der Waals surface area contributed by atoms with Crippen molar-refractivity contribution in [3.8, 4) is 5.75 Å². The van der Waals surface area contributed by atoms with E-state index < -0.39 is 0 Å². The molecule has 0 aliphatic heterocycles. The molecular formula is C17H25NO. The number of benzene rings is 1. The van der Waals surface area contributed by atoms with Crippen LogP contribution in [0.5, 0.6) is 5.75 Å². The fourth-order valence-corrected chi connectivity index (χ4v) is 3.41. The van der Waals surface area contributed by atoms with Gasteiger partial charge in [-0.25, -0.2) is 0 Å². The highest BCUT2D eigenvalue weighted by molar-refractivity contribution is 5.33. The van der Waals surface area contributed by atoms with Gasteiger partial charge in [-0.15, -0.1) is 0 Å². The lowest BCUT2D eigenvalue weighted by atomic mass is 9.69. The van der Waals surface area contributed by atoms with Crippen LogP contribution in [0, 0.1) is 0 Å². The van der Waals surface area contributed by atoms with Crippen LogP contribution in [0.3, 0.4) is 0 Å². The molecule has 0 bridgehead atoms. The van der Waals surface area contributed by atoms with Crippen LogP contribution in [0.1, 0.15) is 56.9 Å². The lowest BCUT2D eigenvalue weighted by molar-refractivity contribution is 0.120. The molecule has 0 radical (unpaired) electrons. The van der Waals surface area contributed by atoms with Gasteiger partial charge in [-0.3, -0.25) is 0 Å². The van der Waals surface area contributed by atoms with E-state index in [4.69, 9.17) is 10.5 Å². The van der Waals surface area contributed by atoms with Gasteiger partial charge in [-0.2, -0.15) is 0 Å².